The highest BCUT2D eigenvalue weighted by molar-refractivity contribution is 6.30. The molecule has 2 aromatic carbocycles. The van der Waals surface area contributed by atoms with Gasteiger partial charge in [-0.05, 0) is 42.5 Å². The van der Waals surface area contributed by atoms with Crippen LogP contribution in [0.25, 0.3) is 11.3 Å². The van der Waals surface area contributed by atoms with Gasteiger partial charge in [0.25, 0.3) is 0 Å². The summed E-state index contributed by atoms with van der Waals surface area (Å²) in [6.45, 7) is 0.430. The average Bonchev–Trinajstić information content (AvgIpc) is 3.09. The fraction of sp³-hybridized carbons (Fsp3) is 0.150. The smallest absolute Gasteiger partial charge is 0.414 e. The Bertz CT molecular complexity index is 1020. The van der Waals surface area contributed by atoms with Crippen LogP contribution in [0.2, 0.25) is 5.02 Å². The average molecular weight is 434 g/mol. The summed E-state index contributed by atoms with van der Waals surface area (Å²) in [7, 11) is 3.58. The van der Waals surface area contributed by atoms with E-state index < -0.39 is 11.9 Å². The topological polar surface area (TPSA) is 134 Å². The number of anilines is 1. The van der Waals surface area contributed by atoms with Crippen molar-refractivity contribution in [3.8, 4) is 22.8 Å². The van der Waals surface area contributed by atoms with E-state index in [1.807, 2.05) is 42.1 Å². The summed E-state index contributed by atoms with van der Waals surface area (Å²) >= 11 is 5.97. The van der Waals surface area contributed by atoms with E-state index in [-0.39, 0.29) is 5.75 Å². The van der Waals surface area contributed by atoms with Crippen molar-refractivity contribution in [2.45, 2.75) is 6.54 Å². The molecule has 0 spiro atoms. The third kappa shape index (κ3) is 5.89. The van der Waals surface area contributed by atoms with Gasteiger partial charge in [-0.2, -0.15) is 0 Å². The molecule has 0 amide bonds. The first-order valence-electron chi connectivity index (χ1n) is 8.56. The van der Waals surface area contributed by atoms with Gasteiger partial charge in [0.1, 0.15) is 11.5 Å². The number of halogens is 1. The van der Waals surface area contributed by atoms with E-state index in [0.29, 0.717) is 17.5 Å². The van der Waals surface area contributed by atoms with E-state index in [9.17, 15) is 5.11 Å². The van der Waals surface area contributed by atoms with E-state index in [1.54, 1.807) is 25.3 Å². The molecule has 30 heavy (non-hydrogen) atoms. The predicted octanol–water partition coefficient (Wildman–Crippen LogP) is 3.22. The molecule has 158 valence electrons. The molecule has 1 aromatic heterocycles. The molecule has 0 bridgehead atoms. The summed E-state index contributed by atoms with van der Waals surface area (Å²) in [4.78, 5) is 22.6. The van der Waals surface area contributed by atoms with Crippen molar-refractivity contribution in [3.05, 3.63) is 59.2 Å². The Kier molecular flexibility index (Phi) is 7.65. The van der Waals surface area contributed by atoms with Crippen molar-refractivity contribution in [1.82, 2.24) is 9.55 Å². The third-order valence-corrected chi connectivity index (χ3v) is 4.27. The van der Waals surface area contributed by atoms with Crippen molar-refractivity contribution >= 4 is 29.5 Å². The zero-order valence-corrected chi connectivity index (χ0v) is 16.9. The molecule has 0 radical (unpaired) electrons. The van der Waals surface area contributed by atoms with Gasteiger partial charge in [-0.15, -0.1) is 0 Å². The fourth-order valence-corrected chi connectivity index (χ4v) is 2.67. The Morgan fingerprint density at radius 2 is 1.77 bits per heavy atom. The van der Waals surface area contributed by atoms with Crippen LogP contribution in [-0.2, 0) is 23.2 Å². The standard InChI is InChI=1S/C18H18ClN3O2.C2H2O4/c1-22-16(12-3-6-15(24-2)7-4-12)11-21-18(22)20-10-13-9-14(19)5-8-17(13)23;3-1(4)2(5)6/h3-9,11,23H,10H2,1-2H3,(H,20,21);(H,3,4)(H,5,6). The van der Waals surface area contributed by atoms with E-state index in [0.717, 1.165) is 22.6 Å². The minimum Gasteiger partial charge on any atom is -0.508 e. The predicted molar refractivity (Wildman–Crippen MR) is 111 cm³/mol. The van der Waals surface area contributed by atoms with E-state index >= 15 is 0 Å². The van der Waals surface area contributed by atoms with Crippen molar-refractivity contribution in [1.29, 1.82) is 0 Å². The summed E-state index contributed by atoms with van der Waals surface area (Å²) in [5, 5.41) is 28.5. The van der Waals surface area contributed by atoms with Gasteiger partial charge in [0.05, 0.1) is 19.0 Å². The molecule has 1 heterocycles. The van der Waals surface area contributed by atoms with Crippen molar-refractivity contribution in [2.75, 3.05) is 12.4 Å². The van der Waals surface area contributed by atoms with Gasteiger partial charge in [-0.3, -0.25) is 0 Å². The summed E-state index contributed by atoms with van der Waals surface area (Å²) in [5.41, 5.74) is 2.75. The molecule has 3 aromatic rings. The highest BCUT2D eigenvalue weighted by Gasteiger charge is 2.10. The molecule has 0 saturated heterocycles. The maximum Gasteiger partial charge on any atom is 0.414 e. The molecular formula is C20H20ClN3O6. The van der Waals surface area contributed by atoms with Crippen LogP contribution < -0.4 is 10.1 Å². The number of aliphatic carboxylic acids is 2. The number of nitrogens with zero attached hydrogens (tertiary/aromatic N) is 2. The molecule has 10 heteroatoms. The number of nitrogens with one attached hydrogen (secondary N) is 1. The van der Waals surface area contributed by atoms with Crippen LogP contribution in [0.5, 0.6) is 11.5 Å². The number of carboxylic acids is 2. The van der Waals surface area contributed by atoms with Crippen LogP contribution in [0.4, 0.5) is 5.95 Å². The maximum absolute atomic E-state index is 9.88. The highest BCUT2D eigenvalue weighted by atomic mass is 35.5. The second-order valence-electron chi connectivity index (χ2n) is 5.99. The zero-order chi connectivity index (χ0) is 22.3. The second kappa shape index (κ2) is 10.2. The highest BCUT2D eigenvalue weighted by Crippen LogP contribution is 2.26. The van der Waals surface area contributed by atoms with Gasteiger partial charge in [0.15, 0.2) is 0 Å². The molecule has 3 rings (SSSR count). The number of hydrogen-bond acceptors (Lipinski definition) is 6. The summed E-state index contributed by atoms with van der Waals surface area (Å²) in [5.74, 6) is -1.92. The van der Waals surface area contributed by atoms with Gasteiger partial charge in [-0.1, -0.05) is 11.6 Å². The monoisotopic (exact) mass is 433 g/mol. The molecule has 0 saturated carbocycles. The molecule has 0 fully saturated rings. The third-order valence-electron chi connectivity index (χ3n) is 4.04. The Morgan fingerprint density at radius 3 is 2.33 bits per heavy atom. The lowest BCUT2D eigenvalue weighted by atomic mass is 10.1. The number of rotatable bonds is 5. The number of carboxylic acid groups (broad SMARTS) is 2. The molecule has 9 nitrogen and oxygen atoms in total. The molecule has 0 aliphatic heterocycles. The van der Waals surface area contributed by atoms with Crippen LogP contribution in [0.15, 0.2) is 48.7 Å². The number of hydrogen-bond donors (Lipinski definition) is 4. The SMILES string of the molecule is COc1ccc(-c2cnc(NCc3cc(Cl)ccc3O)n2C)cc1.O=C(O)C(=O)O. The van der Waals surface area contributed by atoms with Crippen molar-refractivity contribution in [3.63, 3.8) is 0 Å². The van der Waals surface area contributed by atoms with Crippen molar-refractivity contribution in [2.24, 2.45) is 7.05 Å². The molecule has 0 unspecified atom stereocenters. The number of benzene rings is 2. The van der Waals surface area contributed by atoms with Crippen LogP contribution >= 0.6 is 11.6 Å². The number of phenols is 1. The van der Waals surface area contributed by atoms with Gasteiger partial charge >= 0.3 is 11.9 Å². The number of carbonyl (C=O) groups is 2. The maximum atomic E-state index is 9.88. The first-order chi connectivity index (χ1) is 14.2. The lowest BCUT2D eigenvalue weighted by Crippen LogP contribution is -2.09. The van der Waals surface area contributed by atoms with Gasteiger partial charge in [0, 0.05) is 29.7 Å². The fourth-order valence-electron chi connectivity index (χ4n) is 2.47. The van der Waals surface area contributed by atoms with Gasteiger partial charge in [0.2, 0.25) is 5.95 Å². The van der Waals surface area contributed by atoms with Crippen LogP contribution in [0.3, 0.4) is 0 Å². The normalized spacial score (nSPS) is 9.97. The first-order valence-corrected chi connectivity index (χ1v) is 8.94. The van der Waals surface area contributed by atoms with Crippen LogP contribution in [0, 0.1) is 0 Å². The largest absolute Gasteiger partial charge is 0.508 e. The summed E-state index contributed by atoms with van der Waals surface area (Å²) in [6, 6.07) is 12.8. The van der Waals surface area contributed by atoms with Crippen LogP contribution in [-0.4, -0.2) is 43.9 Å². The van der Waals surface area contributed by atoms with E-state index in [2.05, 4.69) is 10.3 Å². The number of aromatic nitrogens is 2. The molecule has 0 aliphatic rings. The lowest BCUT2D eigenvalue weighted by Gasteiger charge is -2.10. The lowest BCUT2D eigenvalue weighted by molar-refractivity contribution is -0.159. The van der Waals surface area contributed by atoms with E-state index in [4.69, 9.17) is 36.1 Å². The number of ether oxygens (including phenoxy) is 1. The number of methoxy groups -OCH3 is 1. The molecule has 4 N–H and O–H groups in total. The molecule has 0 aliphatic carbocycles. The summed E-state index contributed by atoms with van der Waals surface area (Å²) < 4.78 is 7.14. The second-order valence-corrected chi connectivity index (χ2v) is 6.43. The quantitative estimate of drug-likeness (QED) is 0.450. The number of imidazole rings is 1. The Morgan fingerprint density at radius 1 is 1.13 bits per heavy atom. The zero-order valence-electron chi connectivity index (χ0n) is 16.2. The summed E-state index contributed by atoms with van der Waals surface area (Å²) in [6.07, 6.45) is 1.81. The minimum atomic E-state index is -1.82. The molecular weight excluding hydrogens is 414 g/mol. The number of phenolic OH excluding ortho intramolecular Hbond substituents is 1. The number of aromatic hydroxyl groups is 1. The molecule has 0 atom stereocenters. The van der Waals surface area contributed by atoms with Crippen LogP contribution in [0.1, 0.15) is 5.56 Å². The first kappa shape index (κ1) is 22.6. The van der Waals surface area contributed by atoms with Crippen molar-refractivity contribution < 1.29 is 29.6 Å². The Balaban J connectivity index is 0.000000469. The van der Waals surface area contributed by atoms with E-state index in [1.165, 1.54) is 0 Å². The van der Waals surface area contributed by atoms with Gasteiger partial charge < -0.3 is 29.9 Å². The Hall–Kier alpha value is -3.72. The van der Waals surface area contributed by atoms with Gasteiger partial charge in [-0.25, -0.2) is 14.6 Å². The Labute approximate surface area is 177 Å². The minimum absolute atomic E-state index is 0.205.